The quantitative estimate of drug-likeness (QED) is 0.492. The van der Waals surface area contributed by atoms with E-state index in [2.05, 4.69) is 0 Å². The van der Waals surface area contributed by atoms with Gasteiger partial charge in [-0.05, 0) is 20.8 Å². The summed E-state index contributed by atoms with van der Waals surface area (Å²) >= 11 is 0. The van der Waals surface area contributed by atoms with E-state index in [9.17, 15) is 14.7 Å². The van der Waals surface area contributed by atoms with Crippen molar-refractivity contribution in [3.8, 4) is 0 Å². The van der Waals surface area contributed by atoms with Crippen LogP contribution in [0.2, 0.25) is 0 Å². The van der Waals surface area contributed by atoms with E-state index in [1.54, 1.807) is 20.8 Å². The van der Waals surface area contributed by atoms with Gasteiger partial charge < -0.3 is 28.8 Å². The monoisotopic (exact) mass is 467 g/mol. The first kappa shape index (κ1) is 25.5. The first-order valence-electron chi connectivity index (χ1n) is 10.8. The van der Waals surface area contributed by atoms with E-state index < -0.39 is 53.8 Å². The average molecular weight is 468 g/mol. The summed E-state index contributed by atoms with van der Waals surface area (Å²) in [7, 11) is 4.08. The minimum atomic E-state index is -1.81. The molecule has 2 fully saturated rings. The fourth-order valence-corrected chi connectivity index (χ4v) is 3.72. The number of hydrogen-bond donors (Lipinski definition) is 1. The topological polar surface area (TPSA) is 113 Å². The normalized spacial score (nSPS) is 32.0. The summed E-state index contributed by atoms with van der Waals surface area (Å²) in [5.41, 5.74) is -0.0638. The lowest BCUT2D eigenvalue weighted by Crippen LogP contribution is -2.69. The zero-order valence-corrected chi connectivity index (χ0v) is 19.8. The summed E-state index contributed by atoms with van der Waals surface area (Å²) < 4.78 is 29.3. The highest BCUT2D eigenvalue weighted by atomic mass is 16.8. The summed E-state index contributed by atoms with van der Waals surface area (Å²) in [5, 5.41) is 12.3. The van der Waals surface area contributed by atoms with Gasteiger partial charge in [-0.2, -0.15) is 0 Å². The third kappa shape index (κ3) is 5.37. The number of hydroxylamine groups is 2. The van der Waals surface area contributed by atoms with Crippen molar-refractivity contribution in [1.29, 1.82) is 0 Å². The Balaban J connectivity index is 1.93. The molecular formula is C23H33NO9. The molecule has 0 spiro atoms. The SMILES string of the molecule is CON(C)C(=O)C[C@@]1(OC)OC2COC(c3ccccc3)O[C@@H]2C(OC(=O)C(C)(C)C)C1O. The van der Waals surface area contributed by atoms with E-state index in [4.69, 9.17) is 28.5 Å². The molecule has 2 heterocycles. The van der Waals surface area contributed by atoms with Crippen LogP contribution in [-0.2, 0) is 38.1 Å². The van der Waals surface area contributed by atoms with E-state index >= 15 is 0 Å². The molecule has 1 amide bonds. The van der Waals surface area contributed by atoms with Crippen LogP contribution in [0.25, 0.3) is 0 Å². The summed E-state index contributed by atoms with van der Waals surface area (Å²) in [6.07, 6.45) is -5.46. The number of esters is 1. The van der Waals surface area contributed by atoms with Gasteiger partial charge in [-0.3, -0.25) is 14.4 Å². The number of fused-ring (bicyclic) bond motifs is 1. The molecule has 1 aromatic rings. The largest absolute Gasteiger partial charge is 0.456 e. The highest BCUT2D eigenvalue weighted by Gasteiger charge is 2.60. The summed E-state index contributed by atoms with van der Waals surface area (Å²) in [6, 6.07) is 9.27. The number of benzene rings is 1. The van der Waals surface area contributed by atoms with Crippen molar-refractivity contribution in [3.05, 3.63) is 35.9 Å². The number of aliphatic hydroxyl groups excluding tert-OH is 1. The van der Waals surface area contributed by atoms with Crippen molar-refractivity contribution in [2.75, 3.05) is 27.9 Å². The molecule has 6 atom stereocenters. The van der Waals surface area contributed by atoms with E-state index in [1.807, 2.05) is 30.3 Å². The molecule has 1 N–H and O–H groups in total. The van der Waals surface area contributed by atoms with Gasteiger partial charge in [0.05, 0.1) is 25.6 Å². The second kappa shape index (κ2) is 10.0. The zero-order chi connectivity index (χ0) is 24.4. The van der Waals surface area contributed by atoms with Crippen LogP contribution in [0, 0.1) is 5.41 Å². The molecule has 10 heteroatoms. The minimum Gasteiger partial charge on any atom is -0.456 e. The second-order valence-corrected chi connectivity index (χ2v) is 9.16. The predicted molar refractivity (Wildman–Crippen MR) is 114 cm³/mol. The number of ether oxygens (including phenoxy) is 5. The standard InChI is InChI=1S/C23H33NO9/c1-22(2,3)21(27)32-18-17-15(13-30-20(31-17)14-10-8-7-9-11-14)33-23(28-5,19(18)26)12-16(25)24(4)29-6/h7-11,15,17-20,26H,12-13H2,1-6H3/t15?,17-,18?,19?,20?,23+/m0/s1. The molecule has 4 unspecified atom stereocenters. The first-order valence-corrected chi connectivity index (χ1v) is 10.8. The van der Waals surface area contributed by atoms with E-state index in [-0.39, 0.29) is 13.0 Å². The number of hydrogen-bond acceptors (Lipinski definition) is 9. The molecule has 2 aliphatic heterocycles. The van der Waals surface area contributed by atoms with Crippen LogP contribution in [0.4, 0.5) is 0 Å². The molecule has 0 radical (unpaired) electrons. The van der Waals surface area contributed by atoms with Crippen molar-refractivity contribution in [2.24, 2.45) is 5.41 Å². The van der Waals surface area contributed by atoms with Crippen LogP contribution in [0.15, 0.2) is 30.3 Å². The molecule has 0 saturated carbocycles. The van der Waals surface area contributed by atoms with Crippen molar-refractivity contribution >= 4 is 11.9 Å². The Hall–Kier alpha value is -2.08. The first-order chi connectivity index (χ1) is 15.5. The average Bonchev–Trinajstić information content (AvgIpc) is 2.80. The van der Waals surface area contributed by atoms with Crippen molar-refractivity contribution in [3.63, 3.8) is 0 Å². The number of amides is 1. The van der Waals surface area contributed by atoms with E-state index in [0.717, 1.165) is 10.6 Å². The molecule has 184 valence electrons. The van der Waals surface area contributed by atoms with Crippen LogP contribution >= 0.6 is 0 Å². The highest BCUT2D eigenvalue weighted by Crippen LogP contribution is 2.41. The lowest BCUT2D eigenvalue weighted by molar-refractivity contribution is -0.398. The molecular weight excluding hydrogens is 434 g/mol. The van der Waals surface area contributed by atoms with Crippen LogP contribution in [-0.4, -0.2) is 80.1 Å². The van der Waals surface area contributed by atoms with Gasteiger partial charge in [0.1, 0.15) is 18.3 Å². The Morgan fingerprint density at radius 3 is 2.45 bits per heavy atom. The van der Waals surface area contributed by atoms with Gasteiger partial charge in [-0.1, -0.05) is 30.3 Å². The summed E-state index contributed by atoms with van der Waals surface area (Å²) in [6.45, 7) is 5.18. The Kier molecular flexibility index (Phi) is 7.77. The Bertz CT molecular complexity index is 827. The number of rotatable bonds is 6. The third-order valence-electron chi connectivity index (χ3n) is 5.79. The molecule has 0 aliphatic carbocycles. The summed E-state index contributed by atoms with van der Waals surface area (Å²) in [4.78, 5) is 30.3. The number of carbonyl (C=O) groups is 2. The van der Waals surface area contributed by atoms with Gasteiger partial charge in [-0.25, -0.2) is 5.06 Å². The van der Waals surface area contributed by atoms with Crippen LogP contribution in [0.1, 0.15) is 39.0 Å². The molecule has 2 saturated heterocycles. The Morgan fingerprint density at radius 2 is 1.88 bits per heavy atom. The van der Waals surface area contributed by atoms with Crippen molar-refractivity contribution in [1.82, 2.24) is 5.06 Å². The molecule has 1 aromatic carbocycles. The molecule has 3 rings (SSSR count). The number of methoxy groups -OCH3 is 1. The minimum absolute atomic E-state index is 0.0694. The van der Waals surface area contributed by atoms with Gasteiger partial charge in [0, 0.05) is 19.7 Å². The third-order valence-corrected chi connectivity index (χ3v) is 5.79. The zero-order valence-electron chi connectivity index (χ0n) is 19.8. The van der Waals surface area contributed by atoms with Gasteiger partial charge in [0.2, 0.25) is 5.79 Å². The van der Waals surface area contributed by atoms with Crippen LogP contribution < -0.4 is 0 Å². The van der Waals surface area contributed by atoms with Crippen LogP contribution in [0.5, 0.6) is 0 Å². The van der Waals surface area contributed by atoms with Gasteiger partial charge in [-0.15, -0.1) is 0 Å². The maximum Gasteiger partial charge on any atom is 0.311 e. The highest BCUT2D eigenvalue weighted by molar-refractivity contribution is 5.76. The second-order valence-electron chi connectivity index (χ2n) is 9.16. The Labute approximate surface area is 193 Å². The maximum absolute atomic E-state index is 12.8. The van der Waals surface area contributed by atoms with Crippen molar-refractivity contribution < 1.29 is 43.2 Å². The van der Waals surface area contributed by atoms with E-state index in [0.29, 0.717) is 0 Å². The number of aliphatic hydroxyl groups is 1. The van der Waals surface area contributed by atoms with Gasteiger partial charge in [0.25, 0.3) is 5.91 Å². The lowest BCUT2D eigenvalue weighted by atomic mass is 9.88. The molecule has 0 aromatic heterocycles. The van der Waals surface area contributed by atoms with Crippen LogP contribution in [0.3, 0.4) is 0 Å². The maximum atomic E-state index is 12.8. The number of carbonyl (C=O) groups excluding carboxylic acids is 2. The Morgan fingerprint density at radius 1 is 1.21 bits per heavy atom. The smallest absolute Gasteiger partial charge is 0.311 e. The number of nitrogens with zero attached hydrogens (tertiary/aromatic N) is 1. The fourth-order valence-electron chi connectivity index (χ4n) is 3.72. The fraction of sp³-hybridized carbons (Fsp3) is 0.652. The molecule has 2 aliphatic rings. The van der Waals surface area contributed by atoms with Gasteiger partial charge >= 0.3 is 5.97 Å². The van der Waals surface area contributed by atoms with Gasteiger partial charge in [0.15, 0.2) is 12.4 Å². The lowest BCUT2D eigenvalue weighted by Gasteiger charge is -2.52. The molecule has 10 nitrogen and oxygen atoms in total. The van der Waals surface area contributed by atoms with Crippen molar-refractivity contribution in [2.45, 2.75) is 63.7 Å². The van der Waals surface area contributed by atoms with E-state index in [1.165, 1.54) is 21.3 Å². The molecule has 33 heavy (non-hydrogen) atoms. The predicted octanol–water partition coefficient (Wildman–Crippen LogP) is 1.57. The molecule has 0 bridgehead atoms. The summed E-state index contributed by atoms with van der Waals surface area (Å²) in [5.74, 6) is -2.85.